The van der Waals surface area contributed by atoms with E-state index in [1.54, 1.807) is 0 Å². The van der Waals surface area contributed by atoms with E-state index in [2.05, 4.69) is 4.90 Å². The number of ether oxygens (including phenoxy) is 3. The fourth-order valence-corrected chi connectivity index (χ4v) is 2.87. The number of hydrogen-bond donors (Lipinski definition) is 1. The van der Waals surface area contributed by atoms with Gasteiger partial charge >= 0.3 is 0 Å². The zero-order valence-corrected chi connectivity index (χ0v) is 13.8. The van der Waals surface area contributed by atoms with Crippen molar-refractivity contribution in [2.24, 2.45) is 0 Å². The molecular formula is C14H20Cl2N2O3. The highest BCUT2D eigenvalue weighted by Crippen LogP contribution is 2.51. The summed E-state index contributed by atoms with van der Waals surface area (Å²) < 4.78 is 16.6. The summed E-state index contributed by atoms with van der Waals surface area (Å²) >= 11 is 12.9. The highest BCUT2D eigenvalue weighted by molar-refractivity contribution is 6.40. The highest BCUT2D eigenvalue weighted by atomic mass is 35.5. The molecule has 0 bridgehead atoms. The molecule has 1 heterocycles. The standard InChI is InChI=1S/C14H20Cl2N2O3/c1-3-20-13-10(16)12(18-5-7-19-8-6-18)14(21-4-2)9(15)11(13)17/h3-8,17H2,1-2H3. The second-order valence-corrected chi connectivity index (χ2v) is 5.27. The lowest BCUT2D eigenvalue weighted by molar-refractivity contribution is 0.122. The van der Waals surface area contributed by atoms with Crippen molar-refractivity contribution < 1.29 is 14.2 Å². The SMILES string of the molecule is CCOc1c(N)c(Cl)c(OCC)c(N2CCOCC2)c1Cl. The summed E-state index contributed by atoms with van der Waals surface area (Å²) in [6.07, 6.45) is 0. The summed E-state index contributed by atoms with van der Waals surface area (Å²) in [6.45, 7) is 7.38. The molecule has 2 N–H and O–H groups in total. The Bertz CT molecular complexity index is 506. The third-order valence-electron chi connectivity index (χ3n) is 3.21. The van der Waals surface area contributed by atoms with Crippen LogP contribution in [-0.4, -0.2) is 39.5 Å². The van der Waals surface area contributed by atoms with E-state index in [9.17, 15) is 0 Å². The first-order chi connectivity index (χ1) is 10.1. The normalized spacial score (nSPS) is 15.1. The van der Waals surface area contributed by atoms with Crippen LogP contribution < -0.4 is 20.1 Å². The lowest BCUT2D eigenvalue weighted by Crippen LogP contribution is -2.36. The van der Waals surface area contributed by atoms with E-state index in [1.807, 2.05) is 13.8 Å². The van der Waals surface area contributed by atoms with E-state index >= 15 is 0 Å². The Kier molecular flexibility index (Phi) is 5.67. The average molecular weight is 335 g/mol. The third-order valence-corrected chi connectivity index (χ3v) is 3.93. The first-order valence-corrected chi connectivity index (χ1v) is 7.76. The van der Waals surface area contributed by atoms with Crippen molar-refractivity contribution in [2.75, 3.05) is 50.2 Å². The lowest BCUT2D eigenvalue weighted by Gasteiger charge is -2.32. The van der Waals surface area contributed by atoms with E-state index in [0.717, 1.165) is 5.69 Å². The molecule has 0 saturated carbocycles. The van der Waals surface area contributed by atoms with Gasteiger partial charge in [0.25, 0.3) is 0 Å². The minimum atomic E-state index is 0.309. The fraction of sp³-hybridized carbons (Fsp3) is 0.571. The van der Waals surface area contributed by atoms with Crippen LogP contribution in [0, 0.1) is 0 Å². The Balaban J connectivity index is 2.57. The van der Waals surface area contributed by atoms with Crippen LogP contribution in [0.25, 0.3) is 0 Å². The second-order valence-electron chi connectivity index (χ2n) is 4.51. The molecule has 5 nitrogen and oxygen atoms in total. The molecule has 1 saturated heterocycles. The molecule has 1 aliphatic rings. The molecule has 0 atom stereocenters. The summed E-state index contributed by atoms with van der Waals surface area (Å²) in [6, 6.07) is 0. The average Bonchev–Trinajstić information content (AvgIpc) is 2.50. The van der Waals surface area contributed by atoms with Gasteiger partial charge in [-0.05, 0) is 13.8 Å². The number of hydrogen-bond acceptors (Lipinski definition) is 5. The fourth-order valence-electron chi connectivity index (χ4n) is 2.28. The maximum absolute atomic E-state index is 6.51. The number of nitrogens with zero attached hydrogens (tertiary/aromatic N) is 1. The molecule has 0 aliphatic carbocycles. The maximum Gasteiger partial charge on any atom is 0.165 e. The Morgan fingerprint density at radius 1 is 1.05 bits per heavy atom. The first-order valence-electron chi connectivity index (χ1n) is 7.00. The van der Waals surface area contributed by atoms with Crippen LogP contribution in [0.3, 0.4) is 0 Å². The number of morpholine rings is 1. The number of nitrogen functional groups attached to an aromatic ring is 1. The predicted molar refractivity (Wildman–Crippen MR) is 86.2 cm³/mol. The van der Waals surface area contributed by atoms with Crippen molar-refractivity contribution in [3.8, 4) is 11.5 Å². The van der Waals surface area contributed by atoms with Crippen LogP contribution in [0.15, 0.2) is 0 Å². The summed E-state index contributed by atoms with van der Waals surface area (Å²) in [5.41, 5.74) is 7.07. The molecule has 7 heteroatoms. The van der Waals surface area contributed by atoms with Crippen molar-refractivity contribution in [3.63, 3.8) is 0 Å². The Hall–Kier alpha value is -1.04. The molecule has 21 heavy (non-hydrogen) atoms. The maximum atomic E-state index is 6.51. The summed E-state index contributed by atoms with van der Waals surface area (Å²) in [5, 5.41) is 0.773. The third kappa shape index (κ3) is 3.25. The number of anilines is 2. The van der Waals surface area contributed by atoms with E-state index in [-0.39, 0.29) is 0 Å². The zero-order chi connectivity index (χ0) is 15.4. The van der Waals surface area contributed by atoms with E-state index in [4.69, 9.17) is 43.1 Å². The molecule has 0 radical (unpaired) electrons. The zero-order valence-electron chi connectivity index (χ0n) is 12.2. The van der Waals surface area contributed by atoms with Crippen LogP contribution >= 0.6 is 23.2 Å². The van der Waals surface area contributed by atoms with Crippen LogP contribution in [0.4, 0.5) is 11.4 Å². The lowest BCUT2D eigenvalue weighted by atomic mass is 10.2. The molecule has 0 spiro atoms. The van der Waals surface area contributed by atoms with Gasteiger partial charge < -0.3 is 24.8 Å². The smallest absolute Gasteiger partial charge is 0.165 e. The van der Waals surface area contributed by atoms with Crippen LogP contribution in [-0.2, 0) is 4.74 Å². The van der Waals surface area contributed by atoms with Gasteiger partial charge in [0.05, 0.1) is 32.1 Å². The molecule has 0 unspecified atom stereocenters. The van der Waals surface area contributed by atoms with Crippen molar-refractivity contribution in [1.29, 1.82) is 0 Å². The van der Waals surface area contributed by atoms with Crippen molar-refractivity contribution in [1.82, 2.24) is 0 Å². The highest BCUT2D eigenvalue weighted by Gasteiger charge is 2.27. The summed E-state index contributed by atoms with van der Waals surface area (Å²) in [5.74, 6) is 0.918. The summed E-state index contributed by atoms with van der Waals surface area (Å²) in [7, 11) is 0. The quantitative estimate of drug-likeness (QED) is 0.838. The molecule has 1 aromatic rings. The minimum Gasteiger partial charge on any atom is -0.490 e. The van der Waals surface area contributed by atoms with E-state index < -0.39 is 0 Å². The molecule has 1 aromatic carbocycles. The van der Waals surface area contributed by atoms with Gasteiger partial charge in [-0.25, -0.2) is 0 Å². The molecule has 1 fully saturated rings. The molecule has 0 amide bonds. The van der Waals surface area contributed by atoms with Gasteiger partial charge in [-0.15, -0.1) is 0 Å². The second kappa shape index (κ2) is 7.29. The first kappa shape index (κ1) is 16.3. The van der Waals surface area contributed by atoms with Crippen molar-refractivity contribution in [2.45, 2.75) is 13.8 Å². The van der Waals surface area contributed by atoms with Gasteiger partial charge in [-0.1, -0.05) is 23.2 Å². The van der Waals surface area contributed by atoms with Gasteiger partial charge in [0, 0.05) is 13.1 Å². The number of nitrogens with two attached hydrogens (primary N) is 1. The van der Waals surface area contributed by atoms with Gasteiger partial charge in [0.15, 0.2) is 11.5 Å². The van der Waals surface area contributed by atoms with Gasteiger partial charge in [0.2, 0.25) is 0 Å². The van der Waals surface area contributed by atoms with Gasteiger partial charge in [-0.2, -0.15) is 0 Å². The van der Waals surface area contributed by atoms with Crippen LogP contribution in [0.1, 0.15) is 13.8 Å². The Morgan fingerprint density at radius 2 is 1.62 bits per heavy atom. The number of benzene rings is 1. The Labute approximate surface area is 134 Å². The Morgan fingerprint density at radius 3 is 2.19 bits per heavy atom. The topological polar surface area (TPSA) is 57.0 Å². The van der Waals surface area contributed by atoms with E-state index in [1.165, 1.54) is 0 Å². The largest absolute Gasteiger partial charge is 0.490 e. The van der Waals surface area contributed by atoms with E-state index in [0.29, 0.717) is 66.7 Å². The van der Waals surface area contributed by atoms with Crippen LogP contribution in [0.2, 0.25) is 10.0 Å². The molecular weight excluding hydrogens is 315 g/mol. The molecule has 0 aromatic heterocycles. The monoisotopic (exact) mass is 334 g/mol. The minimum absolute atomic E-state index is 0.309. The number of rotatable bonds is 5. The van der Waals surface area contributed by atoms with Gasteiger partial charge in [-0.3, -0.25) is 0 Å². The summed E-state index contributed by atoms with van der Waals surface area (Å²) in [4.78, 5) is 2.09. The molecule has 2 rings (SSSR count). The predicted octanol–water partition coefficient (Wildman–Crippen LogP) is 3.21. The van der Waals surface area contributed by atoms with Gasteiger partial charge in [0.1, 0.15) is 15.7 Å². The van der Waals surface area contributed by atoms with Crippen LogP contribution in [0.5, 0.6) is 11.5 Å². The molecule has 1 aliphatic heterocycles. The molecule has 118 valence electrons. The van der Waals surface area contributed by atoms with Crippen molar-refractivity contribution in [3.05, 3.63) is 10.0 Å². The van der Waals surface area contributed by atoms with Crippen molar-refractivity contribution >= 4 is 34.6 Å². The number of halogens is 2.